The summed E-state index contributed by atoms with van der Waals surface area (Å²) < 4.78 is 5.15. The van der Waals surface area contributed by atoms with E-state index in [-0.39, 0.29) is 0 Å². The van der Waals surface area contributed by atoms with Crippen LogP contribution in [0, 0.1) is 0 Å². The van der Waals surface area contributed by atoms with E-state index in [4.69, 9.17) is 4.52 Å². The van der Waals surface area contributed by atoms with Crippen LogP contribution in [0.4, 0.5) is 0 Å². The lowest BCUT2D eigenvalue weighted by molar-refractivity contribution is 0.134. The fraction of sp³-hybridized carbons (Fsp3) is 0.833. The van der Waals surface area contributed by atoms with Crippen molar-refractivity contribution in [1.29, 1.82) is 0 Å². The lowest BCUT2D eigenvalue weighted by atomic mass is 10.0. The van der Waals surface area contributed by atoms with E-state index in [1.807, 2.05) is 14.0 Å². The van der Waals surface area contributed by atoms with Crippen molar-refractivity contribution in [2.75, 3.05) is 20.1 Å². The molecule has 1 aliphatic heterocycles. The van der Waals surface area contributed by atoms with Gasteiger partial charge in [-0.1, -0.05) is 18.5 Å². The Morgan fingerprint density at radius 2 is 2.35 bits per heavy atom. The Morgan fingerprint density at radius 3 is 3.06 bits per heavy atom. The highest BCUT2D eigenvalue weighted by molar-refractivity contribution is 4.89. The fourth-order valence-corrected chi connectivity index (χ4v) is 2.41. The van der Waals surface area contributed by atoms with E-state index in [1.165, 1.54) is 19.3 Å². The zero-order chi connectivity index (χ0) is 12.1. The van der Waals surface area contributed by atoms with Crippen LogP contribution in [0.5, 0.6) is 0 Å². The molecule has 2 rings (SSSR count). The molecule has 2 heterocycles. The average Bonchev–Trinajstić information content (AvgIpc) is 2.80. The molecule has 5 nitrogen and oxygen atoms in total. The Hall–Kier alpha value is -0.940. The van der Waals surface area contributed by atoms with Gasteiger partial charge in [-0.2, -0.15) is 4.98 Å². The number of nitrogens with zero attached hydrogens (tertiary/aromatic N) is 3. The largest absolute Gasteiger partial charge is 0.339 e. The molecule has 17 heavy (non-hydrogen) atoms. The van der Waals surface area contributed by atoms with Crippen LogP contribution in [0.2, 0.25) is 0 Å². The van der Waals surface area contributed by atoms with Gasteiger partial charge < -0.3 is 9.84 Å². The van der Waals surface area contributed by atoms with Crippen LogP contribution in [-0.2, 0) is 13.0 Å². The van der Waals surface area contributed by atoms with Gasteiger partial charge in [0.25, 0.3) is 0 Å². The predicted octanol–water partition coefficient (Wildman–Crippen LogP) is 1.21. The summed E-state index contributed by atoms with van der Waals surface area (Å²) in [6.07, 6.45) is 4.68. The topological polar surface area (TPSA) is 54.2 Å². The van der Waals surface area contributed by atoms with Gasteiger partial charge in [-0.25, -0.2) is 0 Å². The molecule has 1 aromatic heterocycles. The number of aryl methyl sites for hydroxylation is 1. The van der Waals surface area contributed by atoms with E-state index in [0.29, 0.717) is 6.04 Å². The highest BCUT2D eigenvalue weighted by atomic mass is 16.5. The third-order valence-corrected chi connectivity index (χ3v) is 3.35. The van der Waals surface area contributed by atoms with Crippen molar-refractivity contribution in [1.82, 2.24) is 20.4 Å². The number of rotatable bonds is 5. The number of aromatic nitrogens is 2. The molecule has 0 aliphatic carbocycles. The van der Waals surface area contributed by atoms with Gasteiger partial charge in [-0.15, -0.1) is 0 Å². The lowest BCUT2D eigenvalue weighted by Gasteiger charge is -2.34. The third kappa shape index (κ3) is 3.26. The molecule has 0 saturated carbocycles. The van der Waals surface area contributed by atoms with E-state index in [1.54, 1.807) is 0 Å². The van der Waals surface area contributed by atoms with Crippen LogP contribution in [0.25, 0.3) is 0 Å². The SMILES string of the molecule is CCc1nc(CN2CCCCC2CNC)no1. The van der Waals surface area contributed by atoms with Gasteiger partial charge in [0, 0.05) is 19.0 Å². The van der Waals surface area contributed by atoms with Crippen LogP contribution in [0.1, 0.15) is 37.9 Å². The number of hydrogen-bond donors (Lipinski definition) is 1. The molecule has 1 fully saturated rings. The highest BCUT2D eigenvalue weighted by Gasteiger charge is 2.23. The van der Waals surface area contributed by atoms with Gasteiger partial charge in [0.15, 0.2) is 5.82 Å². The van der Waals surface area contributed by atoms with E-state index < -0.39 is 0 Å². The normalized spacial score (nSPS) is 21.9. The van der Waals surface area contributed by atoms with E-state index in [9.17, 15) is 0 Å². The molecule has 0 spiro atoms. The minimum atomic E-state index is 0.609. The maximum atomic E-state index is 5.15. The van der Waals surface area contributed by atoms with Crippen molar-refractivity contribution in [2.24, 2.45) is 0 Å². The Labute approximate surface area is 103 Å². The van der Waals surface area contributed by atoms with Crippen molar-refractivity contribution >= 4 is 0 Å². The molecule has 1 unspecified atom stereocenters. The summed E-state index contributed by atoms with van der Waals surface area (Å²) in [5, 5.41) is 7.29. The molecule has 5 heteroatoms. The molecule has 0 bridgehead atoms. The average molecular weight is 238 g/mol. The summed E-state index contributed by atoms with van der Waals surface area (Å²) in [6, 6.07) is 0.609. The number of piperidine rings is 1. The first kappa shape index (κ1) is 12.5. The predicted molar refractivity (Wildman–Crippen MR) is 65.7 cm³/mol. The minimum Gasteiger partial charge on any atom is -0.339 e. The summed E-state index contributed by atoms with van der Waals surface area (Å²) >= 11 is 0. The van der Waals surface area contributed by atoms with Crippen molar-refractivity contribution in [3.05, 3.63) is 11.7 Å². The molecule has 0 radical (unpaired) electrons. The van der Waals surface area contributed by atoms with Gasteiger partial charge in [0.05, 0.1) is 6.54 Å². The minimum absolute atomic E-state index is 0.609. The first-order valence-corrected chi connectivity index (χ1v) is 6.53. The molecule has 0 aromatic carbocycles. The van der Waals surface area contributed by atoms with Gasteiger partial charge in [-0.05, 0) is 26.4 Å². The second-order valence-corrected chi connectivity index (χ2v) is 4.64. The van der Waals surface area contributed by atoms with Gasteiger partial charge in [0.1, 0.15) is 0 Å². The van der Waals surface area contributed by atoms with Crippen LogP contribution < -0.4 is 5.32 Å². The van der Waals surface area contributed by atoms with E-state index in [2.05, 4.69) is 20.4 Å². The molecule has 1 N–H and O–H groups in total. The molecular weight excluding hydrogens is 216 g/mol. The fourth-order valence-electron chi connectivity index (χ4n) is 2.41. The second kappa shape index (κ2) is 6.12. The summed E-state index contributed by atoms with van der Waals surface area (Å²) in [6.45, 7) is 5.03. The maximum absolute atomic E-state index is 5.15. The lowest BCUT2D eigenvalue weighted by Crippen LogP contribution is -2.44. The number of nitrogens with one attached hydrogen (secondary N) is 1. The maximum Gasteiger partial charge on any atom is 0.226 e. The molecule has 0 amide bonds. The Balaban J connectivity index is 1.95. The summed E-state index contributed by atoms with van der Waals surface area (Å²) in [4.78, 5) is 6.84. The Morgan fingerprint density at radius 1 is 1.47 bits per heavy atom. The molecule has 96 valence electrons. The summed E-state index contributed by atoms with van der Waals surface area (Å²) in [7, 11) is 2.01. The number of likely N-dealkylation sites (N-methyl/N-ethyl adjacent to an activating group) is 1. The first-order chi connectivity index (χ1) is 8.33. The standard InChI is InChI=1S/C12H22N4O/c1-3-12-14-11(15-17-12)9-16-7-5-4-6-10(16)8-13-2/h10,13H,3-9H2,1-2H3. The van der Waals surface area contributed by atoms with Crippen LogP contribution in [-0.4, -0.2) is 41.2 Å². The molecule has 1 atom stereocenters. The van der Waals surface area contributed by atoms with Crippen molar-refractivity contribution < 1.29 is 4.52 Å². The van der Waals surface area contributed by atoms with Crippen molar-refractivity contribution in [3.8, 4) is 0 Å². The van der Waals surface area contributed by atoms with E-state index in [0.717, 1.165) is 37.8 Å². The third-order valence-electron chi connectivity index (χ3n) is 3.35. The van der Waals surface area contributed by atoms with Gasteiger partial charge in [-0.3, -0.25) is 4.90 Å². The van der Waals surface area contributed by atoms with Gasteiger partial charge in [0.2, 0.25) is 5.89 Å². The quantitative estimate of drug-likeness (QED) is 0.835. The second-order valence-electron chi connectivity index (χ2n) is 4.64. The van der Waals surface area contributed by atoms with Crippen LogP contribution in [0.15, 0.2) is 4.52 Å². The number of hydrogen-bond acceptors (Lipinski definition) is 5. The Kier molecular flexibility index (Phi) is 4.50. The molecular formula is C12H22N4O. The monoisotopic (exact) mass is 238 g/mol. The summed E-state index contributed by atoms with van der Waals surface area (Å²) in [5.74, 6) is 1.56. The highest BCUT2D eigenvalue weighted by Crippen LogP contribution is 2.18. The van der Waals surface area contributed by atoms with Gasteiger partial charge >= 0.3 is 0 Å². The molecule has 1 saturated heterocycles. The number of likely N-dealkylation sites (tertiary alicyclic amines) is 1. The van der Waals surface area contributed by atoms with Crippen molar-refractivity contribution in [2.45, 2.75) is 45.2 Å². The Bertz CT molecular complexity index is 337. The van der Waals surface area contributed by atoms with E-state index >= 15 is 0 Å². The first-order valence-electron chi connectivity index (χ1n) is 6.53. The molecule has 1 aliphatic rings. The zero-order valence-electron chi connectivity index (χ0n) is 10.8. The summed E-state index contributed by atoms with van der Waals surface area (Å²) in [5.41, 5.74) is 0. The zero-order valence-corrected chi connectivity index (χ0v) is 10.8. The van der Waals surface area contributed by atoms with Crippen LogP contribution >= 0.6 is 0 Å². The molecule has 1 aromatic rings. The van der Waals surface area contributed by atoms with Crippen molar-refractivity contribution in [3.63, 3.8) is 0 Å². The van der Waals surface area contributed by atoms with Crippen LogP contribution in [0.3, 0.4) is 0 Å². The smallest absolute Gasteiger partial charge is 0.226 e.